The summed E-state index contributed by atoms with van der Waals surface area (Å²) in [6.45, 7) is 11.2. The Morgan fingerprint density at radius 1 is 1.10 bits per heavy atom. The molecule has 0 spiro atoms. The third-order valence-corrected chi connectivity index (χ3v) is 13.5. The van der Waals surface area contributed by atoms with Crippen molar-refractivity contribution in [3.05, 3.63) is 30.3 Å². The third kappa shape index (κ3) is 5.04. The zero-order valence-corrected chi connectivity index (χ0v) is 15.7. The average Bonchev–Trinajstić information content (AvgIpc) is 2.36. The molecule has 0 aliphatic heterocycles. The van der Waals surface area contributed by atoms with E-state index in [-0.39, 0.29) is 4.61 Å². The van der Waals surface area contributed by atoms with E-state index in [4.69, 9.17) is 9.05 Å². The van der Waals surface area contributed by atoms with Crippen molar-refractivity contribution >= 4 is 27.4 Å². The smallest absolute Gasteiger partial charge is 0.308 e. The molecule has 0 aromatic heterocycles. The molecule has 114 valence electrons. The molecule has 0 aliphatic rings. The van der Waals surface area contributed by atoms with Gasteiger partial charge in [0.05, 0.1) is 21.3 Å². The summed E-state index contributed by atoms with van der Waals surface area (Å²) in [6.07, 6.45) is 0. The summed E-state index contributed by atoms with van der Waals surface area (Å²) in [6, 6.07) is 10.1. The minimum Gasteiger partial charge on any atom is -0.308 e. The molecule has 0 saturated carbocycles. The molecule has 0 aliphatic carbocycles. The minimum atomic E-state index is -3.09. The summed E-state index contributed by atoms with van der Waals surface area (Å²) in [5.41, 5.74) is 0. The van der Waals surface area contributed by atoms with Crippen LogP contribution in [0.15, 0.2) is 35.2 Å². The minimum absolute atomic E-state index is 0.0997. The molecule has 20 heavy (non-hydrogen) atoms. The highest BCUT2D eigenvalue weighted by Crippen LogP contribution is 2.61. The second-order valence-corrected chi connectivity index (χ2v) is 15.4. The lowest BCUT2D eigenvalue weighted by Gasteiger charge is -2.33. The van der Waals surface area contributed by atoms with E-state index in [0.29, 0.717) is 13.2 Å². The van der Waals surface area contributed by atoms with Gasteiger partial charge in [-0.05, 0) is 26.0 Å². The van der Waals surface area contributed by atoms with E-state index >= 15 is 0 Å². The van der Waals surface area contributed by atoms with Crippen LogP contribution in [0, 0.1) is 0 Å². The van der Waals surface area contributed by atoms with Crippen molar-refractivity contribution < 1.29 is 13.6 Å². The van der Waals surface area contributed by atoms with Crippen LogP contribution in [0.5, 0.6) is 0 Å². The highest BCUT2D eigenvalue weighted by molar-refractivity contribution is 8.07. The van der Waals surface area contributed by atoms with Crippen LogP contribution in [0.3, 0.4) is 0 Å². The normalized spacial score (nSPS) is 14.2. The van der Waals surface area contributed by atoms with E-state index in [1.165, 1.54) is 0 Å². The molecule has 0 heterocycles. The largest absolute Gasteiger partial charge is 0.340 e. The highest BCUT2D eigenvalue weighted by atomic mass is 32.2. The van der Waals surface area contributed by atoms with Crippen molar-refractivity contribution in [2.75, 3.05) is 13.2 Å². The van der Waals surface area contributed by atoms with E-state index in [9.17, 15) is 4.57 Å². The number of benzene rings is 1. The van der Waals surface area contributed by atoms with E-state index < -0.39 is 15.7 Å². The van der Waals surface area contributed by atoms with Crippen LogP contribution in [-0.4, -0.2) is 25.9 Å². The molecule has 0 radical (unpaired) electrons. The highest BCUT2D eigenvalue weighted by Gasteiger charge is 2.45. The Kier molecular flexibility index (Phi) is 7.02. The van der Waals surface area contributed by atoms with Gasteiger partial charge in [0.25, 0.3) is 0 Å². The van der Waals surface area contributed by atoms with Crippen molar-refractivity contribution in [1.29, 1.82) is 0 Å². The van der Waals surface area contributed by atoms with Gasteiger partial charge < -0.3 is 9.05 Å². The van der Waals surface area contributed by atoms with Crippen LogP contribution in [0.2, 0.25) is 19.6 Å². The van der Waals surface area contributed by atoms with Crippen LogP contribution in [0.1, 0.15) is 13.8 Å². The Morgan fingerprint density at radius 2 is 1.60 bits per heavy atom. The first-order chi connectivity index (χ1) is 9.33. The fourth-order valence-corrected chi connectivity index (χ4v) is 10.8. The molecule has 1 unspecified atom stereocenters. The molecule has 0 amide bonds. The van der Waals surface area contributed by atoms with Gasteiger partial charge in [0, 0.05) is 4.90 Å². The zero-order chi connectivity index (χ0) is 15.2. The Labute approximate surface area is 128 Å². The molecule has 1 aromatic carbocycles. The molecule has 6 heteroatoms. The van der Waals surface area contributed by atoms with Gasteiger partial charge in [-0.1, -0.05) is 37.8 Å². The second kappa shape index (κ2) is 7.81. The molecule has 0 bridgehead atoms. The number of rotatable bonds is 8. The fraction of sp³-hybridized carbons (Fsp3) is 0.571. The number of thioether (sulfide) groups is 1. The van der Waals surface area contributed by atoms with Crippen LogP contribution < -0.4 is 0 Å². The molecular formula is C14H25O3PSSi. The molecule has 0 N–H and O–H groups in total. The summed E-state index contributed by atoms with van der Waals surface area (Å²) in [5.74, 6) is 0. The molecule has 1 rings (SSSR count). The summed E-state index contributed by atoms with van der Waals surface area (Å²) in [7, 11) is -4.82. The summed E-state index contributed by atoms with van der Waals surface area (Å²) in [5, 5.41) is 0. The summed E-state index contributed by atoms with van der Waals surface area (Å²) >= 11 is 1.63. The third-order valence-electron chi connectivity index (χ3n) is 2.64. The standard InChI is InChI=1S/C14H25O3PSSi/c1-6-16-18(15,17-7-2)14(20(3,4)5)19-13-11-9-8-10-12-13/h8-12,14H,6-7H2,1-5H3. The Bertz CT molecular complexity index is 437. The van der Waals surface area contributed by atoms with E-state index in [1.54, 1.807) is 11.8 Å². The molecule has 1 atom stereocenters. The zero-order valence-electron chi connectivity index (χ0n) is 13.0. The van der Waals surface area contributed by atoms with Gasteiger partial charge >= 0.3 is 7.60 Å². The van der Waals surface area contributed by atoms with Crippen molar-refractivity contribution in [3.8, 4) is 0 Å². The average molecular weight is 332 g/mol. The predicted octanol–water partition coefficient (Wildman–Crippen LogP) is 5.25. The fourth-order valence-electron chi connectivity index (χ4n) is 1.88. The maximum absolute atomic E-state index is 13.1. The van der Waals surface area contributed by atoms with Crippen LogP contribution in [0.4, 0.5) is 0 Å². The van der Waals surface area contributed by atoms with Crippen molar-refractivity contribution in [2.24, 2.45) is 0 Å². The first-order valence-corrected chi connectivity index (χ1v) is 13.0. The Morgan fingerprint density at radius 3 is 2.00 bits per heavy atom. The van der Waals surface area contributed by atoms with E-state index in [1.807, 2.05) is 44.2 Å². The molecule has 0 fully saturated rings. The maximum atomic E-state index is 13.1. The first kappa shape index (κ1) is 18.0. The molecule has 1 aromatic rings. The van der Waals surface area contributed by atoms with Gasteiger partial charge in [0.1, 0.15) is 4.61 Å². The van der Waals surface area contributed by atoms with Crippen LogP contribution in [0.25, 0.3) is 0 Å². The SMILES string of the molecule is CCOP(=O)(OCC)C(Sc1ccccc1)[Si](C)(C)C. The van der Waals surface area contributed by atoms with Crippen molar-refractivity contribution in [3.63, 3.8) is 0 Å². The van der Waals surface area contributed by atoms with Crippen LogP contribution in [-0.2, 0) is 13.6 Å². The van der Waals surface area contributed by atoms with Gasteiger partial charge in [0.15, 0.2) is 0 Å². The quantitative estimate of drug-likeness (QED) is 0.370. The van der Waals surface area contributed by atoms with E-state index in [2.05, 4.69) is 19.6 Å². The molecule has 0 saturated heterocycles. The summed E-state index contributed by atoms with van der Waals surface area (Å²) < 4.78 is 24.2. The van der Waals surface area contributed by atoms with E-state index in [0.717, 1.165) is 4.90 Å². The van der Waals surface area contributed by atoms with Gasteiger partial charge in [-0.25, -0.2) is 0 Å². The number of hydrogen-bond donors (Lipinski definition) is 0. The topological polar surface area (TPSA) is 35.5 Å². The summed E-state index contributed by atoms with van der Waals surface area (Å²) in [4.78, 5) is 1.11. The molecule has 3 nitrogen and oxygen atoms in total. The molecular weight excluding hydrogens is 307 g/mol. The lowest BCUT2D eigenvalue weighted by Crippen LogP contribution is -2.36. The van der Waals surface area contributed by atoms with Gasteiger partial charge in [-0.3, -0.25) is 4.57 Å². The Balaban J connectivity index is 3.08. The number of hydrogen-bond acceptors (Lipinski definition) is 4. The van der Waals surface area contributed by atoms with Gasteiger partial charge in [-0.15, -0.1) is 11.8 Å². The maximum Gasteiger partial charge on any atom is 0.340 e. The predicted molar refractivity (Wildman–Crippen MR) is 90.3 cm³/mol. The lowest BCUT2D eigenvalue weighted by molar-refractivity contribution is 0.222. The lowest BCUT2D eigenvalue weighted by atomic mass is 10.4. The van der Waals surface area contributed by atoms with Crippen molar-refractivity contribution in [2.45, 2.75) is 43.0 Å². The second-order valence-electron chi connectivity index (χ2n) is 5.52. The van der Waals surface area contributed by atoms with Crippen molar-refractivity contribution in [1.82, 2.24) is 0 Å². The van der Waals surface area contributed by atoms with Gasteiger partial charge in [-0.2, -0.15) is 0 Å². The van der Waals surface area contributed by atoms with Crippen LogP contribution >= 0.6 is 19.4 Å². The monoisotopic (exact) mass is 332 g/mol. The van der Waals surface area contributed by atoms with Gasteiger partial charge in [0.2, 0.25) is 0 Å². The first-order valence-electron chi connectivity index (χ1n) is 6.94. The Hall–Kier alpha value is -0.0631.